The van der Waals surface area contributed by atoms with Crippen LogP contribution < -0.4 is 4.90 Å². The van der Waals surface area contributed by atoms with Crippen LogP contribution in [0.3, 0.4) is 0 Å². The van der Waals surface area contributed by atoms with E-state index in [1.54, 1.807) is 18.5 Å². The van der Waals surface area contributed by atoms with Crippen molar-refractivity contribution in [2.75, 3.05) is 18.0 Å². The van der Waals surface area contributed by atoms with Gasteiger partial charge in [0.15, 0.2) is 0 Å². The largest absolute Gasteiger partial charge is 0.354 e. The lowest BCUT2D eigenvalue weighted by molar-refractivity contribution is -0.134. The normalized spacial score (nSPS) is 18.1. The van der Waals surface area contributed by atoms with Gasteiger partial charge >= 0.3 is 0 Å². The average molecular weight is 370 g/mol. The first-order chi connectivity index (χ1) is 12.9. The highest BCUT2D eigenvalue weighted by molar-refractivity contribution is 5.78. The Morgan fingerprint density at radius 3 is 2.56 bits per heavy atom. The number of carbonyl (C=O) groups excluding carboxylic acids is 1. The molecule has 1 fully saturated rings. The van der Waals surface area contributed by atoms with E-state index in [-0.39, 0.29) is 17.8 Å². The topological polar surface area (TPSA) is 49.3 Å². The maximum absolute atomic E-state index is 13.2. The third-order valence-electron chi connectivity index (χ3n) is 5.37. The van der Waals surface area contributed by atoms with Gasteiger partial charge < -0.3 is 9.80 Å². The molecule has 1 saturated heterocycles. The lowest BCUT2D eigenvalue weighted by Crippen LogP contribution is -2.46. The maximum atomic E-state index is 13.2. The highest BCUT2D eigenvalue weighted by Gasteiger charge is 2.32. The summed E-state index contributed by atoms with van der Waals surface area (Å²) in [5.74, 6) is 1.06. The van der Waals surface area contributed by atoms with Crippen molar-refractivity contribution < 1.29 is 9.18 Å². The van der Waals surface area contributed by atoms with Crippen LogP contribution in [-0.2, 0) is 11.3 Å². The number of anilines is 1. The fourth-order valence-corrected chi connectivity index (χ4v) is 3.57. The molecule has 1 unspecified atom stereocenters. The molecule has 0 bridgehead atoms. The van der Waals surface area contributed by atoms with Crippen molar-refractivity contribution in [3.8, 4) is 0 Å². The number of carbonyl (C=O) groups is 1. The van der Waals surface area contributed by atoms with Gasteiger partial charge in [0.25, 0.3) is 0 Å². The Balaban J connectivity index is 1.88. The molecule has 1 atom stereocenters. The summed E-state index contributed by atoms with van der Waals surface area (Å²) in [5.41, 5.74) is 2.96. The molecule has 1 aromatic carbocycles. The van der Waals surface area contributed by atoms with Crippen molar-refractivity contribution in [1.29, 1.82) is 0 Å². The maximum Gasteiger partial charge on any atom is 0.224 e. The summed E-state index contributed by atoms with van der Waals surface area (Å²) in [4.78, 5) is 25.8. The Kier molecular flexibility index (Phi) is 5.73. The monoisotopic (exact) mass is 370 g/mol. The second-order valence-corrected chi connectivity index (χ2v) is 7.56. The highest BCUT2D eigenvalue weighted by Crippen LogP contribution is 2.26. The van der Waals surface area contributed by atoms with Crippen molar-refractivity contribution in [2.45, 2.75) is 46.7 Å². The molecule has 1 aliphatic rings. The van der Waals surface area contributed by atoms with Crippen molar-refractivity contribution in [1.82, 2.24) is 14.9 Å². The van der Waals surface area contributed by atoms with Crippen LogP contribution in [0, 0.1) is 25.6 Å². The number of aromatic nitrogens is 2. The first-order valence-corrected chi connectivity index (χ1v) is 9.44. The van der Waals surface area contributed by atoms with E-state index in [1.165, 1.54) is 12.1 Å². The van der Waals surface area contributed by atoms with Gasteiger partial charge in [0.05, 0.1) is 6.04 Å². The molecule has 0 spiro atoms. The molecule has 0 saturated carbocycles. The Labute approximate surface area is 160 Å². The molecule has 0 aliphatic carbocycles. The summed E-state index contributed by atoms with van der Waals surface area (Å²) in [7, 11) is 0. The van der Waals surface area contributed by atoms with E-state index in [4.69, 9.17) is 0 Å². The van der Waals surface area contributed by atoms with Crippen molar-refractivity contribution in [2.24, 2.45) is 5.92 Å². The lowest BCUT2D eigenvalue weighted by Gasteiger charge is -2.35. The highest BCUT2D eigenvalue weighted by atomic mass is 19.1. The molecule has 5 nitrogen and oxygen atoms in total. The number of aryl methyl sites for hydroxylation is 1. The molecule has 144 valence electrons. The zero-order valence-electron chi connectivity index (χ0n) is 16.4. The molecule has 27 heavy (non-hydrogen) atoms. The molecule has 3 rings (SSSR count). The Bertz CT molecular complexity index is 806. The summed E-state index contributed by atoms with van der Waals surface area (Å²) in [6.45, 7) is 10.1. The van der Waals surface area contributed by atoms with Gasteiger partial charge in [-0.15, -0.1) is 0 Å². The van der Waals surface area contributed by atoms with Gasteiger partial charge in [-0.3, -0.25) is 4.79 Å². The fraction of sp³-hybridized carbons (Fsp3) is 0.476. The zero-order valence-corrected chi connectivity index (χ0v) is 16.4. The van der Waals surface area contributed by atoms with Crippen LogP contribution in [0.4, 0.5) is 10.2 Å². The van der Waals surface area contributed by atoms with Crippen LogP contribution >= 0.6 is 0 Å². The minimum absolute atomic E-state index is 0.0553. The van der Waals surface area contributed by atoms with Crippen LogP contribution in [0.25, 0.3) is 0 Å². The summed E-state index contributed by atoms with van der Waals surface area (Å²) < 4.78 is 13.2. The van der Waals surface area contributed by atoms with E-state index >= 15 is 0 Å². The molecular weight excluding hydrogens is 343 g/mol. The Hall–Kier alpha value is -2.50. The number of hydrogen-bond donors (Lipinski definition) is 0. The Morgan fingerprint density at radius 1 is 1.19 bits per heavy atom. The fourth-order valence-electron chi connectivity index (χ4n) is 3.57. The van der Waals surface area contributed by atoms with E-state index in [0.29, 0.717) is 25.4 Å². The average Bonchev–Trinajstić information content (AvgIpc) is 2.79. The van der Waals surface area contributed by atoms with Crippen LogP contribution in [0.5, 0.6) is 0 Å². The molecule has 1 aromatic heterocycles. The van der Waals surface area contributed by atoms with E-state index in [0.717, 1.165) is 29.2 Å². The SMILES string of the molecule is Cc1ncnc(N2CCC(=O)N(Cc3ccc(F)cc3)C(C(C)C)C2)c1C. The summed E-state index contributed by atoms with van der Waals surface area (Å²) in [6.07, 6.45) is 2.03. The summed E-state index contributed by atoms with van der Waals surface area (Å²) in [5, 5.41) is 0. The quantitative estimate of drug-likeness (QED) is 0.827. The predicted molar refractivity (Wildman–Crippen MR) is 104 cm³/mol. The zero-order chi connectivity index (χ0) is 19.6. The van der Waals surface area contributed by atoms with Crippen LogP contribution in [-0.4, -0.2) is 39.9 Å². The van der Waals surface area contributed by atoms with E-state index < -0.39 is 0 Å². The van der Waals surface area contributed by atoms with Crippen molar-refractivity contribution in [3.05, 3.63) is 53.2 Å². The molecule has 0 N–H and O–H groups in total. The van der Waals surface area contributed by atoms with Gasteiger partial charge in [-0.1, -0.05) is 26.0 Å². The molecule has 1 aliphatic heterocycles. The molecule has 1 amide bonds. The molecular formula is C21H27FN4O. The minimum Gasteiger partial charge on any atom is -0.354 e. The number of halogens is 1. The number of benzene rings is 1. The number of rotatable bonds is 4. The second-order valence-electron chi connectivity index (χ2n) is 7.56. The van der Waals surface area contributed by atoms with Crippen LogP contribution in [0.2, 0.25) is 0 Å². The lowest BCUT2D eigenvalue weighted by atomic mass is 10.0. The number of amides is 1. The Morgan fingerprint density at radius 2 is 1.89 bits per heavy atom. The van der Waals surface area contributed by atoms with Gasteiger partial charge in [-0.05, 0) is 37.5 Å². The van der Waals surface area contributed by atoms with Gasteiger partial charge in [0.1, 0.15) is 18.0 Å². The number of nitrogens with zero attached hydrogens (tertiary/aromatic N) is 4. The molecule has 2 aromatic rings. The van der Waals surface area contributed by atoms with Gasteiger partial charge in [0, 0.05) is 37.3 Å². The first kappa shape index (κ1) is 19.3. The standard InChI is InChI=1S/C21H27FN4O/c1-14(2)19-12-25(21-15(3)16(4)23-13-24-21)10-9-20(27)26(19)11-17-5-7-18(22)8-6-17/h5-8,13-14,19H,9-12H2,1-4H3. The second kappa shape index (κ2) is 8.03. The van der Waals surface area contributed by atoms with E-state index in [1.807, 2.05) is 18.7 Å². The number of hydrogen-bond acceptors (Lipinski definition) is 4. The summed E-state index contributed by atoms with van der Waals surface area (Å²) in [6, 6.07) is 6.45. The molecule has 6 heteroatoms. The molecule has 0 radical (unpaired) electrons. The smallest absolute Gasteiger partial charge is 0.224 e. The van der Waals surface area contributed by atoms with E-state index in [2.05, 4.69) is 28.7 Å². The minimum atomic E-state index is -0.262. The van der Waals surface area contributed by atoms with Gasteiger partial charge in [-0.25, -0.2) is 14.4 Å². The van der Waals surface area contributed by atoms with Crippen LogP contribution in [0.15, 0.2) is 30.6 Å². The third-order valence-corrected chi connectivity index (χ3v) is 5.37. The van der Waals surface area contributed by atoms with Gasteiger partial charge in [0.2, 0.25) is 5.91 Å². The van der Waals surface area contributed by atoms with Crippen molar-refractivity contribution in [3.63, 3.8) is 0 Å². The molecule has 2 heterocycles. The van der Waals surface area contributed by atoms with Crippen molar-refractivity contribution >= 4 is 11.7 Å². The predicted octanol–water partition coefficient (Wildman–Crippen LogP) is 3.50. The third kappa shape index (κ3) is 4.26. The summed E-state index contributed by atoms with van der Waals surface area (Å²) >= 11 is 0. The first-order valence-electron chi connectivity index (χ1n) is 9.44. The van der Waals surface area contributed by atoms with E-state index in [9.17, 15) is 9.18 Å². The van der Waals surface area contributed by atoms with Crippen LogP contribution in [0.1, 0.15) is 37.1 Å². The van der Waals surface area contributed by atoms with Gasteiger partial charge in [-0.2, -0.15) is 0 Å².